The van der Waals surface area contributed by atoms with Gasteiger partial charge in [0.2, 0.25) is 0 Å². The summed E-state index contributed by atoms with van der Waals surface area (Å²) in [5.74, 6) is 0.500. The van der Waals surface area contributed by atoms with Crippen LogP contribution in [0.5, 0.6) is 0 Å². The molecule has 0 fully saturated rings. The third-order valence-electron chi connectivity index (χ3n) is 3.46. The summed E-state index contributed by atoms with van der Waals surface area (Å²) in [6, 6.07) is 0. The van der Waals surface area contributed by atoms with Crippen molar-refractivity contribution in [1.29, 1.82) is 0 Å². The Morgan fingerprint density at radius 1 is 1.35 bits per heavy atom. The van der Waals surface area contributed by atoms with Crippen LogP contribution in [0.25, 0.3) is 0 Å². The van der Waals surface area contributed by atoms with Crippen LogP contribution in [-0.4, -0.2) is 30.6 Å². The Morgan fingerprint density at radius 2 is 2.05 bits per heavy atom. The minimum absolute atomic E-state index is 0.201. The molecule has 114 valence electrons. The van der Waals surface area contributed by atoms with Gasteiger partial charge in [-0.1, -0.05) is 26.7 Å². The number of carbonyl (C=O) groups is 1. The third kappa shape index (κ3) is 5.12. The highest BCUT2D eigenvalue weighted by Crippen LogP contribution is 2.23. The van der Waals surface area contributed by atoms with Crippen LogP contribution in [0.2, 0.25) is 0 Å². The van der Waals surface area contributed by atoms with Gasteiger partial charge in [0.25, 0.3) is 0 Å². The maximum absolute atomic E-state index is 11.5. The van der Waals surface area contributed by atoms with E-state index in [-0.39, 0.29) is 12.4 Å². The largest absolute Gasteiger partial charge is 0.466 e. The third-order valence-corrected chi connectivity index (χ3v) is 4.41. The minimum Gasteiger partial charge on any atom is -0.466 e. The SMILES string of the molecule is CCOC(=O)Cc1csc(N(CC)CC(CC)CC)n1. The Kier molecular flexibility index (Phi) is 7.59. The zero-order valence-electron chi connectivity index (χ0n) is 13.0. The van der Waals surface area contributed by atoms with Crippen LogP contribution in [0, 0.1) is 5.92 Å². The van der Waals surface area contributed by atoms with Gasteiger partial charge < -0.3 is 9.64 Å². The summed E-state index contributed by atoms with van der Waals surface area (Å²) in [7, 11) is 0. The molecule has 1 aromatic heterocycles. The first-order chi connectivity index (χ1) is 9.64. The number of nitrogens with zero attached hydrogens (tertiary/aromatic N) is 2. The second-order valence-electron chi connectivity index (χ2n) is 4.82. The number of ether oxygens (including phenoxy) is 1. The number of esters is 1. The van der Waals surface area contributed by atoms with Crippen molar-refractivity contribution in [3.05, 3.63) is 11.1 Å². The van der Waals surface area contributed by atoms with Crippen molar-refractivity contribution in [3.8, 4) is 0 Å². The fourth-order valence-corrected chi connectivity index (χ4v) is 2.98. The number of hydrogen-bond donors (Lipinski definition) is 0. The lowest BCUT2D eigenvalue weighted by molar-refractivity contribution is -0.142. The molecule has 1 heterocycles. The maximum atomic E-state index is 11.5. The Labute approximate surface area is 126 Å². The monoisotopic (exact) mass is 298 g/mol. The van der Waals surface area contributed by atoms with Gasteiger partial charge in [-0.05, 0) is 19.8 Å². The van der Waals surface area contributed by atoms with E-state index in [9.17, 15) is 4.79 Å². The highest BCUT2D eigenvalue weighted by Gasteiger charge is 2.15. The summed E-state index contributed by atoms with van der Waals surface area (Å²) in [5, 5.41) is 2.97. The van der Waals surface area contributed by atoms with Gasteiger partial charge in [0.1, 0.15) is 0 Å². The van der Waals surface area contributed by atoms with Gasteiger partial charge in [-0.15, -0.1) is 11.3 Å². The normalized spacial score (nSPS) is 10.8. The Bertz CT molecular complexity index is 402. The van der Waals surface area contributed by atoms with Gasteiger partial charge >= 0.3 is 5.97 Å². The lowest BCUT2D eigenvalue weighted by atomic mass is 10.0. The van der Waals surface area contributed by atoms with Crippen LogP contribution in [0.3, 0.4) is 0 Å². The van der Waals surface area contributed by atoms with Gasteiger partial charge in [0, 0.05) is 18.5 Å². The zero-order chi connectivity index (χ0) is 15.0. The van der Waals surface area contributed by atoms with E-state index < -0.39 is 0 Å². The molecule has 0 aliphatic carbocycles. The molecule has 20 heavy (non-hydrogen) atoms. The average Bonchev–Trinajstić information content (AvgIpc) is 2.89. The number of anilines is 1. The molecule has 0 bridgehead atoms. The summed E-state index contributed by atoms with van der Waals surface area (Å²) < 4.78 is 4.95. The number of carbonyl (C=O) groups excluding carboxylic acids is 1. The second-order valence-corrected chi connectivity index (χ2v) is 5.66. The Hall–Kier alpha value is -1.10. The predicted octanol–water partition coefficient (Wildman–Crippen LogP) is 3.51. The molecule has 0 radical (unpaired) electrons. The molecule has 0 aliphatic rings. The molecular weight excluding hydrogens is 272 g/mol. The lowest BCUT2D eigenvalue weighted by Gasteiger charge is -2.24. The molecule has 5 heteroatoms. The van der Waals surface area contributed by atoms with E-state index in [1.165, 1.54) is 12.8 Å². The standard InChI is InChI=1S/C15H26N2O2S/c1-5-12(6-2)10-17(7-3)15-16-13(11-20-15)9-14(18)19-8-4/h11-12H,5-10H2,1-4H3. The van der Waals surface area contributed by atoms with E-state index in [2.05, 4.69) is 30.7 Å². The van der Waals surface area contributed by atoms with Crippen molar-refractivity contribution in [2.24, 2.45) is 5.92 Å². The molecule has 0 unspecified atom stereocenters. The van der Waals surface area contributed by atoms with E-state index in [0.717, 1.165) is 23.9 Å². The molecule has 0 aromatic carbocycles. The van der Waals surface area contributed by atoms with Gasteiger partial charge in [-0.2, -0.15) is 0 Å². The van der Waals surface area contributed by atoms with Crippen molar-refractivity contribution in [2.75, 3.05) is 24.6 Å². The second kappa shape index (κ2) is 8.95. The molecule has 0 aliphatic heterocycles. The molecule has 0 saturated carbocycles. The molecule has 0 N–H and O–H groups in total. The summed E-state index contributed by atoms with van der Waals surface area (Å²) >= 11 is 1.61. The van der Waals surface area contributed by atoms with Crippen LogP contribution in [0.1, 0.15) is 46.2 Å². The van der Waals surface area contributed by atoms with Gasteiger partial charge in [-0.25, -0.2) is 4.98 Å². The van der Waals surface area contributed by atoms with E-state index in [4.69, 9.17) is 4.74 Å². The molecule has 0 spiro atoms. The molecular formula is C15H26N2O2S. The fourth-order valence-electron chi connectivity index (χ4n) is 2.08. The first-order valence-electron chi connectivity index (χ1n) is 7.49. The van der Waals surface area contributed by atoms with Crippen LogP contribution < -0.4 is 4.90 Å². The Morgan fingerprint density at radius 3 is 2.60 bits per heavy atom. The Balaban J connectivity index is 2.65. The van der Waals surface area contributed by atoms with Gasteiger partial charge in [0.15, 0.2) is 5.13 Å². The molecule has 1 rings (SSSR count). The lowest BCUT2D eigenvalue weighted by Crippen LogP contribution is -2.28. The number of aromatic nitrogens is 1. The van der Waals surface area contributed by atoms with Crippen molar-refractivity contribution in [1.82, 2.24) is 4.98 Å². The number of rotatable bonds is 9. The summed E-state index contributed by atoms with van der Waals surface area (Å²) in [4.78, 5) is 18.3. The minimum atomic E-state index is -0.201. The number of hydrogen-bond acceptors (Lipinski definition) is 5. The van der Waals surface area contributed by atoms with Crippen molar-refractivity contribution in [3.63, 3.8) is 0 Å². The summed E-state index contributed by atoms with van der Waals surface area (Å²) in [5.41, 5.74) is 0.812. The highest BCUT2D eigenvalue weighted by atomic mass is 32.1. The smallest absolute Gasteiger partial charge is 0.311 e. The first-order valence-corrected chi connectivity index (χ1v) is 8.37. The van der Waals surface area contributed by atoms with Crippen LogP contribution >= 0.6 is 11.3 Å². The van der Waals surface area contributed by atoms with Crippen LogP contribution in [0.15, 0.2) is 5.38 Å². The summed E-state index contributed by atoms with van der Waals surface area (Å²) in [6.07, 6.45) is 2.65. The quantitative estimate of drug-likeness (QED) is 0.654. The highest BCUT2D eigenvalue weighted by molar-refractivity contribution is 7.13. The van der Waals surface area contributed by atoms with E-state index >= 15 is 0 Å². The van der Waals surface area contributed by atoms with Crippen molar-refractivity contribution in [2.45, 2.75) is 47.0 Å². The fraction of sp³-hybridized carbons (Fsp3) is 0.733. The average molecular weight is 298 g/mol. The molecule has 4 nitrogen and oxygen atoms in total. The van der Waals surface area contributed by atoms with Crippen LogP contribution in [0.4, 0.5) is 5.13 Å². The van der Waals surface area contributed by atoms with Crippen molar-refractivity contribution >= 4 is 22.4 Å². The molecule has 1 aromatic rings. The molecule has 0 amide bonds. The molecule has 0 saturated heterocycles. The van der Waals surface area contributed by atoms with Crippen molar-refractivity contribution < 1.29 is 9.53 Å². The predicted molar refractivity (Wildman–Crippen MR) is 84.4 cm³/mol. The topological polar surface area (TPSA) is 42.4 Å². The first kappa shape index (κ1) is 17.0. The summed E-state index contributed by atoms with van der Waals surface area (Å²) in [6.45, 7) is 10.8. The van der Waals surface area contributed by atoms with E-state index in [0.29, 0.717) is 12.5 Å². The zero-order valence-corrected chi connectivity index (χ0v) is 13.8. The molecule has 0 atom stereocenters. The van der Waals surface area contributed by atoms with Crippen LogP contribution in [-0.2, 0) is 16.0 Å². The van der Waals surface area contributed by atoms with Gasteiger partial charge in [-0.3, -0.25) is 4.79 Å². The maximum Gasteiger partial charge on any atom is 0.311 e. The van der Waals surface area contributed by atoms with E-state index in [1.807, 2.05) is 12.3 Å². The van der Waals surface area contributed by atoms with E-state index in [1.54, 1.807) is 11.3 Å². The number of thiazole rings is 1. The van der Waals surface area contributed by atoms with Gasteiger partial charge in [0.05, 0.1) is 18.7 Å².